The van der Waals surface area contributed by atoms with Gasteiger partial charge < -0.3 is 25.5 Å². The first-order chi connectivity index (χ1) is 9.83. The minimum Gasteiger partial charge on any atom is -0.444 e. The summed E-state index contributed by atoms with van der Waals surface area (Å²) in [5.74, 6) is 0. The molecule has 1 aromatic heterocycles. The molecule has 1 heterocycles. The molecule has 0 atom stereocenters. The number of benzene rings is 1. The lowest BCUT2D eigenvalue weighted by molar-refractivity contribution is 0.0530. The number of ether oxygens (including phenoxy) is 1. The van der Waals surface area contributed by atoms with Gasteiger partial charge >= 0.3 is 6.09 Å². The summed E-state index contributed by atoms with van der Waals surface area (Å²) in [4.78, 5) is 15.7. The molecule has 0 aliphatic heterocycles. The quantitative estimate of drug-likeness (QED) is 0.590. The Kier molecular flexibility index (Phi) is 4.21. The summed E-state index contributed by atoms with van der Waals surface area (Å²) in [7, 11) is 0. The van der Waals surface area contributed by atoms with Crippen molar-refractivity contribution in [1.29, 1.82) is 0 Å². The van der Waals surface area contributed by atoms with Crippen molar-refractivity contribution in [2.75, 3.05) is 24.1 Å². The molecule has 2 aromatic rings. The predicted molar refractivity (Wildman–Crippen MR) is 81.1 cm³/mol. The number of nitrogens with one attached hydrogen (secondary N) is 2. The van der Waals surface area contributed by atoms with E-state index in [2.05, 4.69) is 15.6 Å². The van der Waals surface area contributed by atoms with Crippen LogP contribution in [0.3, 0.4) is 0 Å². The molecule has 114 valence electrons. The van der Waals surface area contributed by atoms with Crippen LogP contribution in [0.25, 0.3) is 11.1 Å². The number of fused-ring (bicyclic) bond motifs is 1. The molecule has 0 saturated carbocycles. The van der Waals surface area contributed by atoms with Crippen LogP contribution in [-0.4, -0.2) is 29.8 Å². The van der Waals surface area contributed by atoms with Crippen LogP contribution in [0.5, 0.6) is 0 Å². The van der Waals surface area contributed by atoms with Gasteiger partial charge in [-0.2, -0.15) is 4.98 Å². The van der Waals surface area contributed by atoms with E-state index in [0.717, 1.165) is 0 Å². The lowest BCUT2D eigenvalue weighted by atomic mass is 10.2. The Labute approximate surface area is 122 Å². The van der Waals surface area contributed by atoms with Crippen LogP contribution in [0.2, 0.25) is 0 Å². The molecule has 21 heavy (non-hydrogen) atoms. The van der Waals surface area contributed by atoms with E-state index < -0.39 is 11.7 Å². The number of carbonyl (C=O) groups is 1. The van der Waals surface area contributed by atoms with Crippen LogP contribution in [0.4, 0.5) is 16.5 Å². The van der Waals surface area contributed by atoms with E-state index in [1.54, 1.807) is 18.2 Å². The van der Waals surface area contributed by atoms with Crippen LogP contribution in [0, 0.1) is 0 Å². The maximum absolute atomic E-state index is 11.4. The SMILES string of the molecule is CC(C)(C)OC(=O)NCCNc1nc2cc(N)ccc2o1. The average Bonchev–Trinajstić information content (AvgIpc) is 2.74. The van der Waals surface area contributed by atoms with E-state index in [1.165, 1.54) is 0 Å². The number of anilines is 2. The molecule has 0 fully saturated rings. The summed E-state index contributed by atoms with van der Waals surface area (Å²) >= 11 is 0. The third-order valence-electron chi connectivity index (χ3n) is 2.48. The van der Waals surface area contributed by atoms with E-state index in [1.807, 2.05) is 20.8 Å². The molecular formula is C14H20N4O3. The molecule has 7 heteroatoms. The molecule has 0 spiro atoms. The molecule has 0 radical (unpaired) electrons. The Hall–Kier alpha value is -2.44. The lowest BCUT2D eigenvalue weighted by Gasteiger charge is -2.19. The topological polar surface area (TPSA) is 102 Å². The molecule has 1 amide bonds. The number of nitrogen functional groups attached to an aromatic ring is 1. The van der Waals surface area contributed by atoms with Crippen molar-refractivity contribution in [2.45, 2.75) is 26.4 Å². The summed E-state index contributed by atoms with van der Waals surface area (Å²) < 4.78 is 10.6. The molecule has 0 aliphatic rings. The second-order valence-corrected chi connectivity index (χ2v) is 5.60. The van der Waals surface area contributed by atoms with Crippen LogP contribution < -0.4 is 16.4 Å². The Morgan fingerprint density at radius 2 is 2.14 bits per heavy atom. The van der Waals surface area contributed by atoms with E-state index in [0.29, 0.717) is 35.9 Å². The standard InChI is InChI=1S/C14H20N4O3/c1-14(2,3)21-13(19)17-7-6-16-12-18-10-8-9(15)4-5-11(10)20-12/h4-5,8H,6-7,15H2,1-3H3,(H,16,18)(H,17,19). The number of carbonyl (C=O) groups excluding carboxylic acids is 1. The van der Waals surface area contributed by atoms with Gasteiger partial charge in [0.1, 0.15) is 11.1 Å². The smallest absolute Gasteiger partial charge is 0.407 e. The number of nitrogens with zero attached hydrogens (tertiary/aromatic N) is 1. The number of alkyl carbamates (subject to hydrolysis) is 1. The largest absolute Gasteiger partial charge is 0.444 e. The van der Waals surface area contributed by atoms with Crippen molar-refractivity contribution in [3.8, 4) is 0 Å². The summed E-state index contributed by atoms with van der Waals surface area (Å²) in [5, 5.41) is 5.62. The third kappa shape index (κ3) is 4.55. The van der Waals surface area contributed by atoms with Crippen LogP contribution in [-0.2, 0) is 4.74 Å². The molecule has 7 nitrogen and oxygen atoms in total. The van der Waals surface area contributed by atoms with Gasteiger partial charge in [0.15, 0.2) is 5.58 Å². The zero-order valence-electron chi connectivity index (χ0n) is 12.4. The summed E-state index contributed by atoms with van der Waals surface area (Å²) in [6, 6.07) is 5.65. The highest BCUT2D eigenvalue weighted by atomic mass is 16.6. The van der Waals surface area contributed by atoms with Crippen molar-refractivity contribution in [3.05, 3.63) is 18.2 Å². The lowest BCUT2D eigenvalue weighted by Crippen LogP contribution is -2.35. The second-order valence-electron chi connectivity index (χ2n) is 5.60. The van der Waals surface area contributed by atoms with Gasteiger partial charge in [0, 0.05) is 18.8 Å². The van der Waals surface area contributed by atoms with Gasteiger partial charge in [0.25, 0.3) is 6.01 Å². The fraction of sp³-hybridized carbons (Fsp3) is 0.429. The first kappa shape index (κ1) is 15.0. The monoisotopic (exact) mass is 292 g/mol. The van der Waals surface area contributed by atoms with Gasteiger partial charge in [-0.05, 0) is 39.0 Å². The van der Waals surface area contributed by atoms with Crippen molar-refractivity contribution in [3.63, 3.8) is 0 Å². The number of rotatable bonds is 4. The number of hydrogen-bond donors (Lipinski definition) is 3. The Balaban J connectivity index is 1.79. The third-order valence-corrected chi connectivity index (χ3v) is 2.48. The van der Waals surface area contributed by atoms with Crippen LogP contribution in [0.15, 0.2) is 22.6 Å². The van der Waals surface area contributed by atoms with Gasteiger partial charge in [0.05, 0.1) is 0 Å². The first-order valence-corrected chi connectivity index (χ1v) is 6.70. The minimum absolute atomic E-state index is 0.390. The maximum Gasteiger partial charge on any atom is 0.407 e. The molecule has 0 aliphatic carbocycles. The van der Waals surface area contributed by atoms with E-state index >= 15 is 0 Å². The summed E-state index contributed by atoms with van der Waals surface area (Å²) in [6.07, 6.45) is -0.449. The number of hydrogen-bond acceptors (Lipinski definition) is 6. The van der Waals surface area contributed by atoms with Crippen molar-refractivity contribution in [2.24, 2.45) is 0 Å². The van der Waals surface area contributed by atoms with E-state index in [-0.39, 0.29) is 0 Å². The highest BCUT2D eigenvalue weighted by Crippen LogP contribution is 2.20. The zero-order valence-corrected chi connectivity index (χ0v) is 12.4. The highest BCUT2D eigenvalue weighted by molar-refractivity contribution is 5.78. The Morgan fingerprint density at radius 3 is 2.86 bits per heavy atom. The van der Waals surface area contributed by atoms with Crippen molar-refractivity contribution < 1.29 is 13.9 Å². The van der Waals surface area contributed by atoms with E-state index in [9.17, 15) is 4.79 Å². The van der Waals surface area contributed by atoms with Gasteiger partial charge in [-0.1, -0.05) is 0 Å². The highest BCUT2D eigenvalue weighted by Gasteiger charge is 2.15. The molecule has 0 saturated heterocycles. The number of nitrogens with two attached hydrogens (primary N) is 1. The number of amides is 1. The fourth-order valence-corrected chi connectivity index (χ4v) is 1.67. The van der Waals surface area contributed by atoms with Crippen LogP contribution in [0.1, 0.15) is 20.8 Å². The van der Waals surface area contributed by atoms with Gasteiger partial charge in [-0.3, -0.25) is 0 Å². The first-order valence-electron chi connectivity index (χ1n) is 6.70. The Morgan fingerprint density at radius 1 is 1.38 bits per heavy atom. The predicted octanol–water partition coefficient (Wildman–Crippen LogP) is 2.35. The molecule has 0 bridgehead atoms. The Bertz CT molecular complexity index is 631. The normalized spacial score (nSPS) is 11.4. The van der Waals surface area contributed by atoms with Gasteiger partial charge in [0.2, 0.25) is 0 Å². The van der Waals surface area contributed by atoms with Crippen molar-refractivity contribution >= 4 is 28.9 Å². The fourth-order valence-electron chi connectivity index (χ4n) is 1.67. The number of aromatic nitrogens is 1. The van der Waals surface area contributed by atoms with Gasteiger partial charge in [-0.25, -0.2) is 4.79 Å². The minimum atomic E-state index is -0.502. The van der Waals surface area contributed by atoms with E-state index in [4.69, 9.17) is 14.9 Å². The maximum atomic E-state index is 11.4. The molecular weight excluding hydrogens is 272 g/mol. The zero-order chi connectivity index (χ0) is 15.5. The van der Waals surface area contributed by atoms with Crippen LogP contribution >= 0.6 is 0 Å². The number of oxazole rings is 1. The molecule has 2 rings (SSSR count). The molecule has 4 N–H and O–H groups in total. The van der Waals surface area contributed by atoms with Gasteiger partial charge in [-0.15, -0.1) is 0 Å². The van der Waals surface area contributed by atoms with Crippen molar-refractivity contribution in [1.82, 2.24) is 10.3 Å². The summed E-state index contributed by atoms with van der Waals surface area (Å²) in [5.41, 5.74) is 7.16. The summed E-state index contributed by atoms with van der Waals surface area (Å²) in [6.45, 7) is 6.32. The second kappa shape index (κ2) is 5.90. The average molecular weight is 292 g/mol. The molecule has 0 unspecified atom stereocenters. The molecule has 1 aromatic carbocycles.